The van der Waals surface area contributed by atoms with E-state index in [0.717, 1.165) is 28.0 Å². The van der Waals surface area contributed by atoms with Crippen molar-refractivity contribution < 1.29 is 0 Å². The summed E-state index contributed by atoms with van der Waals surface area (Å²) in [4.78, 5) is 13.2. The van der Waals surface area contributed by atoms with E-state index in [1.54, 1.807) is 0 Å². The average Bonchev–Trinajstić information content (AvgIpc) is 2.74. The van der Waals surface area contributed by atoms with Crippen molar-refractivity contribution in [1.82, 2.24) is 19.5 Å². The van der Waals surface area contributed by atoms with Crippen LogP contribution in [0.4, 0.5) is 5.95 Å². The van der Waals surface area contributed by atoms with E-state index < -0.39 is 0 Å². The predicted octanol–water partition coefficient (Wildman–Crippen LogP) is 2.96. The number of aryl methyl sites for hydroxylation is 1. The molecule has 0 aliphatic heterocycles. The molecule has 0 saturated carbocycles. The second-order valence-corrected chi connectivity index (χ2v) is 5.19. The lowest BCUT2D eigenvalue weighted by molar-refractivity contribution is 0.622. The van der Waals surface area contributed by atoms with Crippen molar-refractivity contribution in [2.24, 2.45) is 0 Å². The Labute approximate surface area is 117 Å². The van der Waals surface area contributed by atoms with Gasteiger partial charge in [-0.25, -0.2) is 9.97 Å². The summed E-state index contributed by atoms with van der Waals surface area (Å²) in [6, 6.07) is 6.26. The van der Waals surface area contributed by atoms with Gasteiger partial charge in [0.15, 0.2) is 5.65 Å². The molecular weight excluding hydrogens is 250 g/mol. The largest absolute Gasteiger partial charge is 0.369 e. The van der Waals surface area contributed by atoms with Gasteiger partial charge in [-0.15, -0.1) is 0 Å². The van der Waals surface area contributed by atoms with Gasteiger partial charge < -0.3 is 5.73 Å². The summed E-state index contributed by atoms with van der Waals surface area (Å²) in [5, 5.41) is 0. The van der Waals surface area contributed by atoms with Crippen LogP contribution >= 0.6 is 0 Å². The molecule has 0 radical (unpaired) electrons. The molecule has 20 heavy (non-hydrogen) atoms. The smallest absolute Gasteiger partial charge is 0.202 e. The first-order valence-corrected chi connectivity index (χ1v) is 6.62. The molecule has 0 aliphatic rings. The number of nitrogen functional groups attached to an aromatic ring is 1. The highest BCUT2D eigenvalue weighted by Crippen LogP contribution is 2.25. The van der Waals surface area contributed by atoms with Crippen molar-refractivity contribution in [2.45, 2.75) is 26.8 Å². The van der Waals surface area contributed by atoms with Crippen molar-refractivity contribution in [3.8, 4) is 11.1 Å². The Morgan fingerprint density at radius 1 is 1.10 bits per heavy atom. The van der Waals surface area contributed by atoms with Gasteiger partial charge in [0.1, 0.15) is 5.52 Å². The Bertz CT molecular complexity index is 756. The molecule has 2 N–H and O–H groups in total. The van der Waals surface area contributed by atoms with Crippen LogP contribution in [0.2, 0.25) is 0 Å². The second-order valence-electron chi connectivity index (χ2n) is 5.19. The highest BCUT2D eigenvalue weighted by Gasteiger charge is 2.13. The first-order valence-electron chi connectivity index (χ1n) is 6.62. The van der Waals surface area contributed by atoms with E-state index >= 15 is 0 Å². The zero-order chi connectivity index (χ0) is 14.3. The third-order valence-corrected chi connectivity index (χ3v) is 3.32. The fourth-order valence-corrected chi connectivity index (χ4v) is 2.31. The maximum Gasteiger partial charge on any atom is 0.202 e. The van der Waals surface area contributed by atoms with E-state index in [0.29, 0.717) is 5.95 Å². The summed E-state index contributed by atoms with van der Waals surface area (Å²) >= 11 is 0. The zero-order valence-electron chi connectivity index (χ0n) is 11.8. The topological polar surface area (TPSA) is 69.6 Å². The van der Waals surface area contributed by atoms with Crippen molar-refractivity contribution in [2.75, 3.05) is 5.73 Å². The van der Waals surface area contributed by atoms with Crippen LogP contribution in [-0.2, 0) is 0 Å². The van der Waals surface area contributed by atoms with E-state index in [2.05, 4.69) is 28.8 Å². The van der Waals surface area contributed by atoms with Crippen LogP contribution in [0.3, 0.4) is 0 Å². The van der Waals surface area contributed by atoms with Crippen LogP contribution in [0.1, 0.15) is 25.6 Å². The van der Waals surface area contributed by atoms with Crippen molar-refractivity contribution in [1.29, 1.82) is 0 Å². The number of aromatic nitrogens is 4. The molecule has 0 fully saturated rings. The summed E-state index contributed by atoms with van der Waals surface area (Å²) in [7, 11) is 0. The van der Waals surface area contributed by atoms with Gasteiger partial charge >= 0.3 is 0 Å². The van der Waals surface area contributed by atoms with E-state index in [1.807, 2.05) is 42.1 Å². The second kappa shape index (κ2) is 4.59. The lowest BCUT2D eigenvalue weighted by atomic mass is 10.1. The minimum atomic E-state index is 0.236. The molecule has 3 heterocycles. The number of hydrogen-bond donors (Lipinski definition) is 1. The number of nitrogens with two attached hydrogens (primary N) is 1. The maximum atomic E-state index is 5.96. The molecular formula is C15H17N5. The number of nitrogens with zero attached hydrogens (tertiary/aromatic N) is 4. The lowest BCUT2D eigenvalue weighted by Gasteiger charge is -2.09. The standard InChI is InChI=1S/C15H17N5/c1-9(2)20-14-13(19-15(20)16)6-12(8-18-14)11-5-4-10(3)17-7-11/h4-9H,1-3H3,(H2,16,19). The zero-order valence-corrected chi connectivity index (χ0v) is 11.8. The first kappa shape index (κ1) is 12.6. The van der Waals surface area contributed by atoms with Crippen LogP contribution in [-0.4, -0.2) is 19.5 Å². The third kappa shape index (κ3) is 2.01. The first-order chi connectivity index (χ1) is 9.56. The number of hydrogen-bond acceptors (Lipinski definition) is 4. The quantitative estimate of drug-likeness (QED) is 0.775. The molecule has 102 valence electrons. The Kier molecular flexibility index (Phi) is 2.89. The molecule has 0 spiro atoms. The number of pyridine rings is 2. The number of imidazole rings is 1. The molecule has 0 aromatic carbocycles. The molecule has 0 unspecified atom stereocenters. The predicted molar refractivity (Wildman–Crippen MR) is 80.3 cm³/mol. The van der Waals surface area contributed by atoms with Gasteiger partial charge in [-0.1, -0.05) is 6.07 Å². The molecule has 0 amide bonds. The van der Waals surface area contributed by atoms with Gasteiger partial charge in [-0.2, -0.15) is 0 Å². The van der Waals surface area contributed by atoms with E-state index in [4.69, 9.17) is 5.73 Å². The molecule has 3 aromatic rings. The molecule has 5 heteroatoms. The summed E-state index contributed by atoms with van der Waals surface area (Å²) in [5.74, 6) is 0.502. The number of rotatable bonds is 2. The van der Waals surface area contributed by atoms with E-state index in [1.165, 1.54) is 0 Å². The van der Waals surface area contributed by atoms with Crippen molar-refractivity contribution in [3.63, 3.8) is 0 Å². The minimum Gasteiger partial charge on any atom is -0.369 e. The normalized spacial score (nSPS) is 11.4. The fourth-order valence-electron chi connectivity index (χ4n) is 2.31. The monoisotopic (exact) mass is 267 g/mol. The molecule has 3 rings (SSSR count). The SMILES string of the molecule is Cc1ccc(-c2cnc3c(c2)nc(N)n3C(C)C)cn1. The third-order valence-electron chi connectivity index (χ3n) is 3.32. The summed E-state index contributed by atoms with van der Waals surface area (Å²) in [5.41, 5.74) is 10.6. The Morgan fingerprint density at radius 3 is 2.50 bits per heavy atom. The molecule has 5 nitrogen and oxygen atoms in total. The molecule has 3 aromatic heterocycles. The van der Waals surface area contributed by atoms with Crippen molar-refractivity contribution in [3.05, 3.63) is 36.3 Å². The average molecular weight is 267 g/mol. The molecule has 0 bridgehead atoms. The Hall–Kier alpha value is -2.43. The van der Waals surface area contributed by atoms with Gasteiger partial charge in [-0.3, -0.25) is 9.55 Å². The van der Waals surface area contributed by atoms with Gasteiger partial charge in [0.05, 0.1) is 0 Å². The fraction of sp³-hybridized carbons (Fsp3) is 0.267. The minimum absolute atomic E-state index is 0.236. The lowest BCUT2D eigenvalue weighted by Crippen LogP contribution is -2.06. The Morgan fingerprint density at radius 2 is 1.85 bits per heavy atom. The number of anilines is 1. The summed E-state index contributed by atoms with van der Waals surface area (Å²) in [6.07, 6.45) is 3.69. The van der Waals surface area contributed by atoms with Crippen LogP contribution in [0.25, 0.3) is 22.3 Å². The maximum absolute atomic E-state index is 5.96. The van der Waals surface area contributed by atoms with Crippen LogP contribution in [0.15, 0.2) is 30.6 Å². The van der Waals surface area contributed by atoms with Gasteiger partial charge in [0, 0.05) is 35.3 Å². The van der Waals surface area contributed by atoms with E-state index in [9.17, 15) is 0 Å². The summed E-state index contributed by atoms with van der Waals surface area (Å²) in [6.45, 7) is 6.10. The summed E-state index contributed by atoms with van der Waals surface area (Å²) < 4.78 is 1.94. The van der Waals surface area contributed by atoms with Gasteiger partial charge in [-0.05, 0) is 32.9 Å². The Balaban J connectivity index is 2.14. The van der Waals surface area contributed by atoms with Crippen LogP contribution in [0, 0.1) is 6.92 Å². The van der Waals surface area contributed by atoms with Gasteiger partial charge in [0.2, 0.25) is 5.95 Å². The highest BCUT2D eigenvalue weighted by atomic mass is 15.2. The molecule has 0 aliphatic carbocycles. The molecule has 0 saturated heterocycles. The van der Waals surface area contributed by atoms with Crippen LogP contribution < -0.4 is 5.73 Å². The van der Waals surface area contributed by atoms with Crippen molar-refractivity contribution >= 4 is 17.1 Å². The van der Waals surface area contributed by atoms with E-state index in [-0.39, 0.29) is 6.04 Å². The van der Waals surface area contributed by atoms with Gasteiger partial charge in [0.25, 0.3) is 0 Å². The number of fused-ring (bicyclic) bond motifs is 1. The van der Waals surface area contributed by atoms with Crippen LogP contribution in [0.5, 0.6) is 0 Å². The highest BCUT2D eigenvalue weighted by molar-refractivity contribution is 5.80. The molecule has 0 atom stereocenters.